The van der Waals surface area contributed by atoms with E-state index < -0.39 is 17.9 Å². The van der Waals surface area contributed by atoms with E-state index in [0.717, 1.165) is 0 Å². The molecule has 0 heterocycles. The van der Waals surface area contributed by atoms with Crippen LogP contribution < -0.4 is 10.6 Å². The minimum atomic E-state index is -0.860. The molecule has 1 rings (SSSR count). The van der Waals surface area contributed by atoms with E-state index in [9.17, 15) is 14.0 Å². The first-order chi connectivity index (χ1) is 8.43. The van der Waals surface area contributed by atoms with Crippen molar-refractivity contribution in [2.75, 3.05) is 11.9 Å². The molecule has 6 heteroatoms. The van der Waals surface area contributed by atoms with Crippen LogP contribution in [0.15, 0.2) is 18.2 Å². The molecule has 0 aromatic heterocycles. The largest absolute Gasteiger partial charge is 0.394 e. The number of aliphatic hydroxyl groups is 1. The summed E-state index contributed by atoms with van der Waals surface area (Å²) >= 11 is 0. The molecule has 0 radical (unpaired) electrons. The normalized spacial score (nSPS) is 11.8. The van der Waals surface area contributed by atoms with Crippen LogP contribution in [0.3, 0.4) is 0 Å². The molecule has 1 aromatic carbocycles. The molecule has 1 atom stereocenters. The monoisotopic (exact) mass is 254 g/mol. The van der Waals surface area contributed by atoms with Gasteiger partial charge in [0.05, 0.1) is 6.61 Å². The molecule has 0 aliphatic carbocycles. The summed E-state index contributed by atoms with van der Waals surface area (Å²) in [5.41, 5.74) is 0.711. The standard InChI is InChI=1S/C12H15FN2O3/c1-7-5-9(3-4-10(7)13)15-12(18)11(17)14-8(2)6-16/h3-5,8,16H,6H2,1-2H3,(H,14,17)(H,15,18). The second-order valence-electron chi connectivity index (χ2n) is 3.98. The Kier molecular flexibility index (Phi) is 4.79. The second-order valence-corrected chi connectivity index (χ2v) is 3.98. The molecule has 3 N–H and O–H groups in total. The number of benzene rings is 1. The van der Waals surface area contributed by atoms with Gasteiger partial charge in [0.2, 0.25) is 0 Å². The Bertz CT molecular complexity index is 463. The van der Waals surface area contributed by atoms with Crippen LogP contribution in [0, 0.1) is 12.7 Å². The highest BCUT2D eigenvalue weighted by Crippen LogP contribution is 2.13. The number of hydrogen-bond donors (Lipinski definition) is 3. The van der Waals surface area contributed by atoms with Crippen LogP contribution in [-0.4, -0.2) is 29.6 Å². The summed E-state index contributed by atoms with van der Waals surface area (Å²) in [6, 6.07) is 3.50. The van der Waals surface area contributed by atoms with E-state index >= 15 is 0 Å². The SMILES string of the molecule is Cc1cc(NC(=O)C(=O)NC(C)CO)ccc1F. The summed E-state index contributed by atoms with van der Waals surface area (Å²) in [4.78, 5) is 22.8. The number of aliphatic hydroxyl groups excluding tert-OH is 1. The Morgan fingerprint density at radius 1 is 1.39 bits per heavy atom. The van der Waals surface area contributed by atoms with E-state index in [2.05, 4.69) is 10.6 Å². The number of amides is 2. The number of carbonyl (C=O) groups is 2. The molecule has 0 fully saturated rings. The number of nitrogens with one attached hydrogen (secondary N) is 2. The lowest BCUT2D eigenvalue weighted by Gasteiger charge is -2.11. The summed E-state index contributed by atoms with van der Waals surface area (Å²) in [5, 5.41) is 13.4. The Labute approximate surface area is 104 Å². The molecular formula is C12H15FN2O3. The highest BCUT2D eigenvalue weighted by atomic mass is 19.1. The maximum atomic E-state index is 13.0. The van der Waals surface area contributed by atoms with Gasteiger partial charge in [0.25, 0.3) is 0 Å². The third-order valence-corrected chi connectivity index (χ3v) is 2.27. The van der Waals surface area contributed by atoms with Gasteiger partial charge in [-0.3, -0.25) is 9.59 Å². The van der Waals surface area contributed by atoms with Crippen LogP contribution >= 0.6 is 0 Å². The van der Waals surface area contributed by atoms with Gasteiger partial charge in [0.1, 0.15) is 5.82 Å². The van der Waals surface area contributed by atoms with Gasteiger partial charge in [-0.25, -0.2) is 4.39 Å². The van der Waals surface area contributed by atoms with Crippen molar-refractivity contribution in [2.45, 2.75) is 19.9 Å². The Morgan fingerprint density at radius 2 is 2.06 bits per heavy atom. The van der Waals surface area contributed by atoms with Crippen molar-refractivity contribution in [3.63, 3.8) is 0 Å². The average Bonchev–Trinajstić information content (AvgIpc) is 2.33. The smallest absolute Gasteiger partial charge is 0.313 e. The molecule has 5 nitrogen and oxygen atoms in total. The van der Waals surface area contributed by atoms with E-state index in [1.165, 1.54) is 18.2 Å². The zero-order valence-electron chi connectivity index (χ0n) is 10.2. The van der Waals surface area contributed by atoms with Crippen molar-refractivity contribution in [3.05, 3.63) is 29.6 Å². The highest BCUT2D eigenvalue weighted by Gasteiger charge is 2.15. The first-order valence-electron chi connectivity index (χ1n) is 5.43. The Morgan fingerprint density at radius 3 is 2.61 bits per heavy atom. The van der Waals surface area contributed by atoms with Gasteiger partial charge in [0.15, 0.2) is 0 Å². The summed E-state index contributed by atoms with van der Waals surface area (Å²) in [6.07, 6.45) is 0. The van der Waals surface area contributed by atoms with E-state index in [1.807, 2.05) is 0 Å². The predicted octanol–water partition coefficient (Wildman–Crippen LogP) is 0.570. The predicted molar refractivity (Wildman–Crippen MR) is 64.5 cm³/mol. The number of anilines is 1. The van der Waals surface area contributed by atoms with Gasteiger partial charge >= 0.3 is 11.8 Å². The van der Waals surface area contributed by atoms with Gasteiger partial charge < -0.3 is 15.7 Å². The van der Waals surface area contributed by atoms with Crippen molar-refractivity contribution in [2.24, 2.45) is 0 Å². The van der Waals surface area contributed by atoms with Gasteiger partial charge in [-0.2, -0.15) is 0 Å². The minimum Gasteiger partial charge on any atom is -0.394 e. The molecule has 0 spiro atoms. The van der Waals surface area contributed by atoms with Crippen molar-refractivity contribution in [1.29, 1.82) is 0 Å². The van der Waals surface area contributed by atoms with Crippen LogP contribution in [0.2, 0.25) is 0 Å². The summed E-state index contributed by atoms with van der Waals surface area (Å²) in [7, 11) is 0. The topological polar surface area (TPSA) is 78.4 Å². The van der Waals surface area contributed by atoms with Crippen molar-refractivity contribution >= 4 is 17.5 Å². The van der Waals surface area contributed by atoms with Crippen molar-refractivity contribution in [3.8, 4) is 0 Å². The third-order valence-electron chi connectivity index (χ3n) is 2.27. The van der Waals surface area contributed by atoms with Crippen LogP contribution in [0.25, 0.3) is 0 Å². The van der Waals surface area contributed by atoms with Gasteiger partial charge in [-0.1, -0.05) is 0 Å². The number of carbonyl (C=O) groups excluding carboxylic acids is 2. The number of aryl methyl sites for hydroxylation is 1. The molecular weight excluding hydrogens is 239 g/mol. The quantitative estimate of drug-likeness (QED) is 0.690. The fraction of sp³-hybridized carbons (Fsp3) is 0.333. The van der Waals surface area contributed by atoms with E-state index in [1.54, 1.807) is 13.8 Å². The molecule has 1 unspecified atom stereocenters. The maximum Gasteiger partial charge on any atom is 0.313 e. The zero-order chi connectivity index (χ0) is 13.7. The number of hydrogen-bond acceptors (Lipinski definition) is 3. The Balaban J connectivity index is 2.64. The van der Waals surface area contributed by atoms with Crippen LogP contribution in [0.4, 0.5) is 10.1 Å². The van der Waals surface area contributed by atoms with Gasteiger partial charge in [-0.15, -0.1) is 0 Å². The first-order valence-corrected chi connectivity index (χ1v) is 5.43. The third kappa shape index (κ3) is 3.81. The lowest BCUT2D eigenvalue weighted by atomic mass is 10.2. The highest BCUT2D eigenvalue weighted by molar-refractivity contribution is 6.39. The second kappa shape index (κ2) is 6.11. The summed E-state index contributed by atoms with van der Waals surface area (Å²) in [6.45, 7) is 2.86. The lowest BCUT2D eigenvalue weighted by molar-refractivity contribution is -0.136. The van der Waals surface area contributed by atoms with Gasteiger partial charge in [-0.05, 0) is 37.6 Å². The minimum absolute atomic E-state index is 0.255. The number of rotatable bonds is 3. The van der Waals surface area contributed by atoms with E-state index in [-0.39, 0.29) is 12.4 Å². The number of halogens is 1. The molecule has 0 bridgehead atoms. The van der Waals surface area contributed by atoms with Crippen molar-refractivity contribution in [1.82, 2.24) is 5.32 Å². The molecule has 0 aliphatic rings. The summed E-state index contributed by atoms with van der Waals surface area (Å²) in [5.74, 6) is -2.09. The fourth-order valence-electron chi connectivity index (χ4n) is 1.25. The first kappa shape index (κ1) is 14.1. The van der Waals surface area contributed by atoms with Gasteiger partial charge in [0, 0.05) is 11.7 Å². The van der Waals surface area contributed by atoms with Crippen LogP contribution in [0.5, 0.6) is 0 Å². The van der Waals surface area contributed by atoms with Crippen LogP contribution in [-0.2, 0) is 9.59 Å². The molecule has 18 heavy (non-hydrogen) atoms. The molecule has 0 saturated carbocycles. The molecule has 98 valence electrons. The fourth-order valence-corrected chi connectivity index (χ4v) is 1.25. The Hall–Kier alpha value is -1.95. The lowest BCUT2D eigenvalue weighted by Crippen LogP contribution is -2.42. The maximum absolute atomic E-state index is 13.0. The molecule has 2 amide bonds. The zero-order valence-corrected chi connectivity index (χ0v) is 10.2. The molecule has 0 aliphatic heterocycles. The summed E-state index contributed by atoms with van der Waals surface area (Å²) < 4.78 is 13.0. The van der Waals surface area contributed by atoms with Crippen molar-refractivity contribution < 1.29 is 19.1 Å². The van der Waals surface area contributed by atoms with E-state index in [4.69, 9.17) is 5.11 Å². The van der Waals surface area contributed by atoms with Crippen LogP contribution in [0.1, 0.15) is 12.5 Å². The van der Waals surface area contributed by atoms with E-state index in [0.29, 0.717) is 11.3 Å². The average molecular weight is 254 g/mol. The molecule has 0 saturated heterocycles. The molecule has 1 aromatic rings.